The van der Waals surface area contributed by atoms with E-state index >= 15 is 0 Å². The van der Waals surface area contributed by atoms with Gasteiger partial charge < -0.3 is 32.5 Å². The molecular formula is C26H33ClF3N5O4. The minimum atomic E-state index is -4.53. The van der Waals surface area contributed by atoms with Crippen LogP contribution >= 0.6 is 11.6 Å². The van der Waals surface area contributed by atoms with Gasteiger partial charge in [0.25, 0.3) is 0 Å². The summed E-state index contributed by atoms with van der Waals surface area (Å²) >= 11 is 5.96. The van der Waals surface area contributed by atoms with Gasteiger partial charge in [-0.05, 0) is 48.7 Å². The molecule has 0 unspecified atom stereocenters. The summed E-state index contributed by atoms with van der Waals surface area (Å²) in [6, 6.07) is 6.03. The Kier molecular flexibility index (Phi) is 12.2. The van der Waals surface area contributed by atoms with E-state index in [9.17, 15) is 32.7 Å². The smallest absolute Gasteiger partial charge is 0.416 e. The SMILES string of the molecule is NCCN(CCN)C(=O)CC[C@H](N)C(=O)N[C@H](Cc1ccc(C(F)(F)F)cc1)C(=O)Cc1cc(Cl)ccc1O. The average molecular weight is 572 g/mol. The monoisotopic (exact) mass is 571 g/mol. The Hall–Kier alpha value is -3.19. The number of phenolic OH excluding ortho intramolecular Hbond substituents is 1. The molecule has 0 radical (unpaired) electrons. The van der Waals surface area contributed by atoms with Crippen LogP contribution in [0.4, 0.5) is 13.2 Å². The molecule has 13 heteroatoms. The van der Waals surface area contributed by atoms with Crippen molar-refractivity contribution in [1.82, 2.24) is 10.2 Å². The highest BCUT2D eigenvalue weighted by molar-refractivity contribution is 6.30. The van der Waals surface area contributed by atoms with E-state index in [4.69, 9.17) is 28.8 Å². The predicted octanol–water partition coefficient (Wildman–Crippen LogP) is 1.76. The Morgan fingerprint density at radius 3 is 2.21 bits per heavy atom. The van der Waals surface area contributed by atoms with Crippen molar-refractivity contribution in [2.75, 3.05) is 26.2 Å². The zero-order chi connectivity index (χ0) is 29.2. The van der Waals surface area contributed by atoms with Gasteiger partial charge >= 0.3 is 6.18 Å². The molecule has 0 aliphatic heterocycles. The van der Waals surface area contributed by atoms with Crippen LogP contribution in [0.15, 0.2) is 42.5 Å². The lowest BCUT2D eigenvalue weighted by Gasteiger charge is -2.23. The van der Waals surface area contributed by atoms with Crippen LogP contribution in [-0.4, -0.2) is 65.9 Å². The van der Waals surface area contributed by atoms with Crippen molar-refractivity contribution in [3.05, 3.63) is 64.2 Å². The number of carbonyl (C=O) groups is 3. The number of ketones is 1. The van der Waals surface area contributed by atoms with E-state index in [0.717, 1.165) is 12.1 Å². The van der Waals surface area contributed by atoms with Crippen molar-refractivity contribution in [2.24, 2.45) is 17.2 Å². The van der Waals surface area contributed by atoms with E-state index in [1.807, 2.05) is 0 Å². The number of benzene rings is 2. The van der Waals surface area contributed by atoms with Crippen LogP contribution in [0.5, 0.6) is 5.75 Å². The van der Waals surface area contributed by atoms with Crippen LogP contribution in [0.3, 0.4) is 0 Å². The Morgan fingerprint density at radius 1 is 1.03 bits per heavy atom. The second-order valence-electron chi connectivity index (χ2n) is 8.98. The molecule has 0 saturated heterocycles. The summed E-state index contributed by atoms with van der Waals surface area (Å²) in [6.07, 6.45) is -5.04. The molecule has 0 aromatic heterocycles. The van der Waals surface area contributed by atoms with Gasteiger partial charge in [0.05, 0.1) is 17.6 Å². The fourth-order valence-corrected chi connectivity index (χ4v) is 4.03. The third-order valence-corrected chi connectivity index (χ3v) is 6.22. The molecular weight excluding hydrogens is 539 g/mol. The highest BCUT2D eigenvalue weighted by Crippen LogP contribution is 2.29. The van der Waals surface area contributed by atoms with Crippen molar-refractivity contribution >= 4 is 29.2 Å². The Morgan fingerprint density at radius 2 is 1.64 bits per heavy atom. The summed E-state index contributed by atoms with van der Waals surface area (Å²) < 4.78 is 38.9. The van der Waals surface area contributed by atoms with Crippen LogP contribution in [-0.2, 0) is 33.4 Å². The molecule has 0 spiro atoms. The summed E-state index contributed by atoms with van der Waals surface area (Å²) in [7, 11) is 0. The average Bonchev–Trinajstić information content (AvgIpc) is 2.88. The minimum absolute atomic E-state index is 0.0212. The van der Waals surface area contributed by atoms with Crippen LogP contribution in [0, 0.1) is 0 Å². The zero-order valence-corrected chi connectivity index (χ0v) is 22.0. The topological polar surface area (TPSA) is 165 Å². The lowest BCUT2D eigenvalue weighted by Crippen LogP contribution is -2.50. The molecule has 0 fully saturated rings. The molecule has 214 valence electrons. The maximum Gasteiger partial charge on any atom is 0.416 e. The number of nitrogens with zero attached hydrogens (tertiary/aromatic N) is 1. The first-order chi connectivity index (χ1) is 18.3. The summed E-state index contributed by atoms with van der Waals surface area (Å²) in [5.41, 5.74) is 16.7. The molecule has 39 heavy (non-hydrogen) atoms. The van der Waals surface area contributed by atoms with Gasteiger partial charge in [-0.25, -0.2) is 0 Å². The first kappa shape index (κ1) is 32.0. The largest absolute Gasteiger partial charge is 0.508 e. The molecule has 0 heterocycles. The third kappa shape index (κ3) is 10.1. The quantitative estimate of drug-likeness (QED) is 0.230. The minimum Gasteiger partial charge on any atom is -0.508 e. The number of Topliss-reactive ketones (excluding diaryl/α,β-unsaturated/α-hetero) is 1. The molecule has 2 amide bonds. The van der Waals surface area contributed by atoms with Crippen LogP contribution in [0.25, 0.3) is 0 Å². The number of rotatable bonds is 14. The molecule has 2 rings (SSSR count). The molecule has 2 aromatic carbocycles. The van der Waals surface area contributed by atoms with Gasteiger partial charge in [-0.2, -0.15) is 13.2 Å². The van der Waals surface area contributed by atoms with Gasteiger partial charge in [-0.15, -0.1) is 0 Å². The Bertz CT molecular complexity index is 1130. The number of aromatic hydroxyl groups is 1. The van der Waals surface area contributed by atoms with Gasteiger partial charge in [0.15, 0.2) is 5.78 Å². The second kappa shape index (κ2) is 14.8. The van der Waals surface area contributed by atoms with E-state index < -0.39 is 35.5 Å². The van der Waals surface area contributed by atoms with Crippen molar-refractivity contribution < 1.29 is 32.7 Å². The summed E-state index contributed by atoms with van der Waals surface area (Å²) in [5.74, 6) is -1.70. The van der Waals surface area contributed by atoms with Gasteiger partial charge in [0.2, 0.25) is 11.8 Å². The van der Waals surface area contributed by atoms with Crippen LogP contribution in [0.2, 0.25) is 5.02 Å². The number of nitrogens with two attached hydrogens (primary N) is 3. The molecule has 0 saturated carbocycles. The first-order valence-electron chi connectivity index (χ1n) is 12.3. The lowest BCUT2D eigenvalue weighted by atomic mass is 9.96. The summed E-state index contributed by atoms with van der Waals surface area (Å²) in [5, 5.41) is 12.9. The van der Waals surface area contributed by atoms with Crippen molar-refractivity contribution in [3.8, 4) is 5.75 Å². The zero-order valence-electron chi connectivity index (χ0n) is 21.2. The lowest BCUT2D eigenvalue weighted by molar-refractivity contribution is -0.137. The maximum absolute atomic E-state index is 13.2. The van der Waals surface area contributed by atoms with Gasteiger partial charge in [0, 0.05) is 49.6 Å². The third-order valence-electron chi connectivity index (χ3n) is 5.99. The molecule has 2 atom stereocenters. The number of hydrogen-bond donors (Lipinski definition) is 5. The van der Waals surface area contributed by atoms with E-state index in [0.29, 0.717) is 18.7 Å². The van der Waals surface area contributed by atoms with Crippen molar-refractivity contribution in [3.63, 3.8) is 0 Å². The van der Waals surface area contributed by atoms with Crippen molar-refractivity contribution in [2.45, 2.75) is 43.9 Å². The second-order valence-corrected chi connectivity index (χ2v) is 9.42. The highest BCUT2D eigenvalue weighted by atomic mass is 35.5. The molecule has 9 nitrogen and oxygen atoms in total. The van der Waals surface area contributed by atoms with Gasteiger partial charge in [0.1, 0.15) is 5.75 Å². The van der Waals surface area contributed by atoms with E-state index in [1.165, 1.54) is 35.2 Å². The molecule has 8 N–H and O–H groups in total. The van der Waals surface area contributed by atoms with E-state index in [1.54, 1.807) is 0 Å². The normalized spacial score (nSPS) is 13.0. The molecule has 0 aliphatic carbocycles. The Labute approximate surface area is 229 Å². The first-order valence-corrected chi connectivity index (χ1v) is 12.6. The Balaban J connectivity index is 2.16. The molecule has 2 aromatic rings. The number of carbonyl (C=O) groups excluding carboxylic acids is 3. The predicted molar refractivity (Wildman–Crippen MR) is 141 cm³/mol. The fourth-order valence-electron chi connectivity index (χ4n) is 3.84. The highest BCUT2D eigenvalue weighted by Gasteiger charge is 2.31. The molecule has 0 bridgehead atoms. The fraction of sp³-hybridized carbons (Fsp3) is 0.423. The number of hydrogen-bond acceptors (Lipinski definition) is 7. The maximum atomic E-state index is 13.2. The molecule has 0 aliphatic rings. The van der Waals surface area contributed by atoms with Crippen LogP contribution < -0.4 is 22.5 Å². The number of nitrogens with one attached hydrogen (secondary N) is 1. The van der Waals surface area contributed by atoms with Gasteiger partial charge in [-0.3, -0.25) is 14.4 Å². The number of halogens is 4. The van der Waals surface area contributed by atoms with Crippen molar-refractivity contribution in [1.29, 1.82) is 0 Å². The standard InChI is InChI=1S/C26H33ClF3N5O4/c27-19-5-7-22(36)17(14-19)15-23(37)21(13-16-1-3-18(4-2-16)26(28,29)30)34-25(39)20(33)6-8-24(38)35(11-9-31)12-10-32/h1-5,7,14,20-21,36H,6,8-13,15,31-33H2,(H,34,39)/t20-,21+/m0/s1. The summed E-state index contributed by atoms with van der Waals surface area (Å²) in [4.78, 5) is 40.0. The van der Waals surface area contributed by atoms with E-state index in [-0.39, 0.29) is 61.0 Å². The van der Waals surface area contributed by atoms with Gasteiger partial charge in [-0.1, -0.05) is 23.7 Å². The summed E-state index contributed by atoms with van der Waals surface area (Å²) in [6.45, 7) is 1.09. The number of phenols is 1. The number of amides is 2. The van der Waals surface area contributed by atoms with E-state index in [2.05, 4.69) is 5.32 Å². The number of alkyl halides is 3. The van der Waals surface area contributed by atoms with Crippen LogP contribution in [0.1, 0.15) is 29.5 Å².